The standard InChI is InChI=1S/C12H7BrCl2N2O2/c13-8-4-16-6-17(12(8)19)5-11(18)7-1-2-9(14)10(15)3-7/h1-4,6H,5H2. The number of hydrogen-bond donors (Lipinski definition) is 0. The monoisotopic (exact) mass is 360 g/mol. The van der Waals surface area contributed by atoms with Crippen molar-refractivity contribution in [2.45, 2.75) is 6.54 Å². The number of hydrogen-bond acceptors (Lipinski definition) is 3. The molecule has 1 heterocycles. The van der Waals surface area contributed by atoms with E-state index < -0.39 is 0 Å². The highest BCUT2D eigenvalue weighted by molar-refractivity contribution is 9.10. The van der Waals surface area contributed by atoms with Gasteiger partial charge in [0, 0.05) is 11.8 Å². The van der Waals surface area contributed by atoms with Gasteiger partial charge in [0.05, 0.1) is 22.9 Å². The molecular weight excluding hydrogens is 355 g/mol. The molecule has 0 fully saturated rings. The molecule has 1 aromatic heterocycles. The Kier molecular flexibility index (Phi) is 4.39. The fourth-order valence-corrected chi connectivity index (χ4v) is 2.10. The van der Waals surface area contributed by atoms with Crippen LogP contribution < -0.4 is 5.56 Å². The summed E-state index contributed by atoms with van der Waals surface area (Å²) in [7, 11) is 0. The summed E-state index contributed by atoms with van der Waals surface area (Å²) in [6, 6.07) is 4.58. The molecule has 0 aliphatic carbocycles. The van der Waals surface area contributed by atoms with Crippen molar-refractivity contribution in [2.24, 2.45) is 0 Å². The summed E-state index contributed by atoms with van der Waals surface area (Å²) in [6.45, 7) is -0.108. The largest absolute Gasteiger partial charge is 0.292 e. The first-order valence-electron chi connectivity index (χ1n) is 5.17. The van der Waals surface area contributed by atoms with Gasteiger partial charge in [-0.2, -0.15) is 0 Å². The van der Waals surface area contributed by atoms with Crippen LogP contribution in [0, 0.1) is 0 Å². The van der Waals surface area contributed by atoms with Crippen molar-refractivity contribution in [2.75, 3.05) is 0 Å². The number of rotatable bonds is 3. The van der Waals surface area contributed by atoms with Crippen LogP contribution in [0.15, 0.2) is 40.0 Å². The quantitative estimate of drug-likeness (QED) is 0.789. The van der Waals surface area contributed by atoms with Gasteiger partial charge in [0.2, 0.25) is 0 Å². The maximum Gasteiger partial charge on any atom is 0.268 e. The van der Waals surface area contributed by atoms with E-state index >= 15 is 0 Å². The average Bonchev–Trinajstić information content (AvgIpc) is 2.38. The van der Waals surface area contributed by atoms with E-state index in [1.54, 1.807) is 12.1 Å². The van der Waals surface area contributed by atoms with E-state index in [0.29, 0.717) is 20.1 Å². The highest BCUT2D eigenvalue weighted by Crippen LogP contribution is 2.22. The molecule has 0 saturated carbocycles. The third-order valence-corrected chi connectivity index (χ3v) is 3.70. The number of halogens is 3. The van der Waals surface area contributed by atoms with E-state index in [-0.39, 0.29) is 17.9 Å². The number of carbonyl (C=O) groups is 1. The van der Waals surface area contributed by atoms with Crippen LogP contribution in [0.2, 0.25) is 10.0 Å². The van der Waals surface area contributed by atoms with Crippen molar-refractivity contribution >= 4 is 44.9 Å². The lowest BCUT2D eigenvalue weighted by Gasteiger charge is -2.05. The molecule has 2 rings (SSSR count). The molecule has 7 heteroatoms. The Bertz CT molecular complexity index is 700. The molecule has 4 nitrogen and oxygen atoms in total. The first-order chi connectivity index (χ1) is 8.99. The van der Waals surface area contributed by atoms with Gasteiger partial charge < -0.3 is 0 Å². The number of aromatic nitrogens is 2. The fourth-order valence-electron chi connectivity index (χ4n) is 1.45. The molecule has 0 radical (unpaired) electrons. The normalized spacial score (nSPS) is 10.5. The predicted molar refractivity (Wildman–Crippen MR) is 77.0 cm³/mol. The molecule has 2 aromatic rings. The molecule has 0 atom stereocenters. The minimum Gasteiger partial charge on any atom is -0.292 e. The summed E-state index contributed by atoms with van der Waals surface area (Å²) in [6.07, 6.45) is 2.69. The second-order valence-electron chi connectivity index (χ2n) is 3.73. The minimum atomic E-state index is -0.316. The van der Waals surface area contributed by atoms with Gasteiger partial charge in [-0.1, -0.05) is 23.2 Å². The van der Waals surface area contributed by atoms with Crippen molar-refractivity contribution in [3.63, 3.8) is 0 Å². The van der Waals surface area contributed by atoms with Crippen LogP contribution in [0.4, 0.5) is 0 Å². The zero-order valence-corrected chi connectivity index (χ0v) is 12.5. The second kappa shape index (κ2) is 5.86. The third-order valence-electron chi connectivity index (χ3n) is 2.41. The maximum absolute atomic E-state index is 12.0. The zero-order valence-electron chi connectivity index (χ0n) is 9.44. The summed E-state index contributed by atoms with van der Waals surface area (Å²) in [5.41, 5.74) is 0.0738. The number of carbonyl (C=O) groups excluding carboxylic acids is 1. The van der Waals surface area contributed by atoms with Crippen LogP contribution >= 0.6 is 39.1 Å². The molecule has 0 saturated heterocycles. The summed E-state index contributed by atoms with van der Waals surface area (Å²) in [5.74, 6) is -0.249. The van der Waals surface area contributed by atoms with Gasteiger partial charge in [-0.25, -0.2) is 4.98 Å². The Labute approximate surface area is 127 Å². The lowest BCUT2D eigenvalue weighted by atomic mass is 10.1. The molecule has 0 spiro atoms. The summed E-state index contributed by atoms with van der Waals surface area (Å²) >= 11 is 14.7. The van der Waals surface area contributed by atoms with E-state index in [9.17, 15) is 9.59 Å². The van der Waals surface area contributed by atoms with Crippen molar-refractivity contribution in [3.05, 3.63) is 61.2 Å². The van der Waals surface area contributed by atoms with Gasteiger partial charge in [-0.15, -0.1) is 0 Å². The number of Topliss-reactive ketones (excluding diaryl/α,β-unsaturated/α-hetero) is 1. The van der Waals surface area contributed by atoms with Gasteiger partial charge in [0.25, 0.3) is 5.56 Å². The Balaban J connectivity index is 2.28. The van der Waals surface area contributed by atoms with Crippen molar-refractivity contribution in [1.82, 2.24) is 9.55 Å². The Morgan fingerprint density at radius 2 is 2.05 bits per heavy atom. The molecule has 98 valence electrons. The maximum atomic E-state index is 12.0. The molecule has 0 aliphatic rings. The zero-order chi connectivity index (χ0) is 14.0. The van der Waals surface area contributed by atoms with Gasteiger partial charge >= 0.3 is 0 Å². The van der Waals surface area contributed by atoms with Crippen LogP contribution in [-0.2, 0) is 6.54 Å². The lowest BCUT2D eigenvalue weighted by molar-refractivity contribution is 0.0970. The highest BCUT2D eigenvalue weighted by atomic mass is 79.9. The van der Waals surface area contributed by atoms with Crippen LogP contribution in [0.5, 0.6) is 0 Å². The van der Waals surface area contributed by atoms with Crippen LogP contribution in [-0.4, -0.2) is 15.3 Å². The highest BCUT2D eigenvalue weighted by Gasteiger charge is 2.11. The van der Waals surface area contributed by atoms with Crippen LogP contribution in [0.1, 0.15) is 10.4 Å². The molecule has 0 aliphatic heterocycles. The number of benzene rings is 1. The second-order valence-corrected chi connectivity index (χ2v) is 5.40. The van der Waals surface area contributed by atoms with Crippen LogP contribution in [0.25, 0.3) is 0 Å². The number of ketones is 1. The minimum absolute atomic E-state index is 0.108. The fraction of sp³-hybridized carbons (Fsp3) is 0.0833. The Hall–Kier alpha value is -1.17. The summed E-state index contributed by atoms with van der Waals surface area (Å²) < 4.78 is 1.52. The average molecular weight is 362 g/mol. The summed E-state index contributed by atoms with van der Waals surface area (Å²) in [5, 5.41) is 0.673. The predicted octanol–water partition coefficient (Wildman–Crippen LogP) is 3.20. The molecule has 0 amide bonds. The molecular formula is C12H7BrCl2N2O2. The van der Waals surface area contributed by atoms with E-state index in [0.717, 1.165) is 0 Å². The third kappa shape index (κ3) is 3.23. The molecule has 1 aromatic carbocycles. The molecule has 0 unspecified atom stereocenters. The smallest absolute Gasteiger partial charge is 0.268 e. The number of nitrogens with zero attached hydrogens (tertiary/aromatic N) is 2. The van der Waals surface area contributed by atoms with Gasteiger partial charge in [-0.3, -0.25) is 14.2 Å². The molecule has 0 bridgehead atoms. The van der Waals surface area contributed by atoms with Gasteiger partial charge in [0.15, 0.2) is 5.78 Å². The first-order valence-corrected chi connectivity index (χ1v) is 6.72. The van der Waals surface area contributed by atoms with Crippen molar-refractivity contribution in [3.8, 4) is 0 Å². The lowest BCUT2D eigenvalue weighted by Crippen LogP contribution is -2.24. The molecule has 0 N–H and O–H groups in total. The molecule has 19 heavy (non-hydrogen) atoms. The van der Waals surface area contributed by atoms with Gasteiger partial charge in [0.1, 0.15) is 4.47 Å². The van der Waals surface area contributed by atoms with Crippen LogP contribution in [0.3, 0.4) is 0 Å². The van der Waals surface area contributed by atoms with E-state index in [2.05, 4.69) is 20.9 Å². The van der Waals surface area contributed by atoms with Gasteiger partial charge in [-0.05, 0) is 34.1 Å². The first kappa shape index (κ1) is 14.2. The van der Waals surface area contributed by atoms with E-state index in [1.165, 1.54) is 23.2 Å². The van der Waals surface area contributed by atoms with Crippen molar-refractivity contribution in [1.29, 1.82) is 0 Å². The Morgan fingerprint density at radius 3 is 2.74 bits per heavy atom. The summed E-state index contributed by atoms with van der Waals surface area (Å²) in [4.78, 5) is 27.6. The van der Waals surface area contributed by atoms with Crippen molar-refractivity contribution < 1.29 is 4.79 Å². The van der Waals surface area contributed by atoms with E-state index in [4.69, 9.17) is 23.2 Å². The Morgan fingerprint density at radius 1 is 1.32 bits per heavy atom. The SMILES string of the molecule is O=C(Cn1cncc(Br)c1=O)c1ccc(Cl)c(Cl)c1. The topological polar surface area (TPSA) is 52.0 Å². The van der Waals surface area contributed by atoms with E-state index in [1.807, 2.05) is 0 Å².